The van der Waals surface area contributed by atoms with Crippen LogP contribution >= 0.6 is 0 Å². The zero-order valence-electron chi connectivity index (χ0n) is 18.1. The van der Waals surface area contributed by atoms with Gasteiger partial charge in [-0.15, -0.1) is 0 Å². The van der Waals surface area contributed by atoms with Crippen LogP contribution in [0.4, 0.5) is 0 Å². The Morgan fingerprint density at radius 1 is 1.00 bits per heavy atom. The quantitative estimate of drug-likeness (QED) is 0.581. The van der Waals surface area contributed by atoms with Crippen LogP contribution in [0, 0.1) is 45.3 Å². The molecule has 0 aromatic heterocycles. The van der Waals surface area contributed by atoms with E-state index in [1.165, 1.54) is 48.8 Å². The molecule has 2 aromatic rings. The van der Waals surface area contributed by atoms with Crippen molar-refractivity contribution in [3.63, 3.8) is 0 Å². The lowest BCUT2D eigenvalue weighted by Gasteiger charge is -2.49. The largest absolute Gasteiger partial charge is 0.192 e. The number of nitrogens with zero attached hydrogens (tertiary/aromatic N) is 2. The molecule has 152 valence electrons. The van der Waals surface area contributed by atoms with E-state index >= 15 is 0 Å². The summed E-state index contributed by atoms with van der Waals surface area (Å²) in [5.74, 6) is 2.17. The molecule has 3 unspecified atom stereocenters. The van der Waals surface area contributed by atoms with Crippen LogP contribution in [0.3, 0.4) is 0 Å². The van der Waals surface area contributed by atoms with E-state index in [1.54, 1.807) is 0 Å². The number of fused-ring (bicyclic) bond motifs is 5. The van der Waals surface area contributed by atoms with Crippen molar-refractivity contribution >= 4 is 0 Å². The van der Waals surface area contributed by atoms with E-state index in [9.17, 15) is 5.26 Å². The van der Waals surface area contributed by atoms with Crippen LogP contribution < -0.4 is 0 Å². The Morgan fingerprint density at radius 3 is 2.53 bits per heavy atom. The topological polar surface area (TPSA) is 47.6 Å². The molecule has 3 aliphatic carbocycles. The lowest BCUT2D eigenvalue weighted by Crippen LogP contribution is -2.39. The second-order valence-corrected chi connectivity index (χ2v) is 10.8. The Hall–Kier alpha value is -2.58. The van der Waals surface area contributed by atoms with E-state index in [0.717, 1.165) is 35.8 Å². The van der Waals surface area contributed by atoms with E-state index in [1.807, 2.05) is 18.2 Å². The second kappa shape index (κ2) is 6.99. The van der Waals surface area contributed by atoms with Gasteiger partial charge in [-0.05, 0) is 108 Å². The first-order chi connectivity index (χ1) is 14.4. The summed E-state index contributed by atoms with van der Waals surface area (Å²) < 4.78 is 0. The average molecular weight is 395 g/mol. The molecule has 0 spiro atoms. The summed E-state index contributed by atoms with van der Waals surface area (Å²) in [6.45, 7) is 5.05. The van der Waals surface area contributed by atoms with Crippen molar-refractivity contribution in [3.05, 3.63) is 70.3 Å². The molecule has 2 aromatic carbocycles. The van der Waals surface area contributed by atoms with Gasteiger partial charge in [0.15, 0.2) is 0 Å². The van der Waals surface area contributed by atoms with Crippen LogP contribution in [-0.4, -0.2) is 0 Å². The van der Waals surface area contributed by atoms with E-state index in [0.29, 0.717) is 16.7 Å². The molecule has 30 heavy (non-hydrogen) atoms. The predicted octanol–water partition coefficient (Wildman–Crippen LogP) is 6.54. The first-order valence-corrected chi connectivity index (χ1v) is 11.5. The zero-order valence-corrected chi connectivity index (χ0v) is 18.1. The third-order valence-electron chi connectivity index (χ3n) is 8.67. The molecule has 0 amide bonds. The molecule has 2 heteroatoms. The fourth-order valence-electron chi connectivity index (χ4n) is 7.64. The summed E-state index contributed by atoms with van der Waals surface area (Å²) in [5, 5.41) is 18.6. The molecule has 3 aliphatic rings. The van der Waals surface area contributed by atoms with Crippen molar-refractivity contribution in [1.82, 2.24) is 0 Å². The van der Waals surface area contributed by atoms with Crippen LogP contribution in [0.25, 0.3) is 0 Å². The number of nitriles is 2. The summed E-state index contributed by atoms with van der Waals surface area (Å²) in [7, 11) is 0. The van der Waals surface area contributed by atoms with Gasteiger partial charge in [-0.1, -0.05) is 38.1 Å². The van der Waals surface area contributed by atoms with Gasteiger partial charge < -0.3 is 0 Å². The van der Waals surface area contributed by atoms with E-state index in [2.05, 4.69) is 50.3 Å². The Labute approximate surface area is 180 Å². The highest BCUT2D eigenvalue weighted by molar-refractivity contribution is 5.46. The number of hydrogen-bond acceptors (Lipinski definition) is 2. The smallest absolute Gasteiger partial charge is 0.0994 e. The minimum atomic E-state index is 0.331. The molecule has 0 N–H and O–H groups in total. The fourth-order valence-corrected chi connectivity index (χ4v) is 7.64. The van der Waals surface area contributed by atoms with Gasteiger partial charge in [0.25, 0.3) is 0 Å². The van der Waals surface area contributed by atoms with Crippen LogP contribution in [0.2, 0.25) is 0 Å². The van der Waals surface area contributed by atoms with Crippen molar-refractivity contribution in [2.75, 3.05) is 0 Å². The average Bonchev–Trinajstić information content (AvgIpc) is 3.03. The summed E-state index contributed by atoms with van der Waals surface area (Å²) in [4.78, 5) is 0. The molecule has 0 radical (unpaired) electrons. The highest BCUT2D eigenvalue weighted by Crippen LogP contribution is 2.65. The van der Waals surface area contributed by atoms with Crippen molar-refractivity contribution in [3.8, 4) is 12.1 Å². The maximum Gasteiger partial charge on any atom is 0.0994 e. The van der Waals surface area contributed by atoms with E-state index in [-0.39, 0.29) is 0 Å². The number of rotatable bonds is 2. The maximum atomic E-state index is 9.55. The molecule has 2 fully saturated rings. The van der Waals surface area contributed by atoms with Crippen LogP contribution in [-0.2, 0) is 12.8 Å². The minimum absolute atomic E-state index is 0.331. The molecule has 5 rings (SSSR count). The third-order valence-corrected chi connectivity index (χ3v) is 8.67. The number of benzene rings is 2. The highest BCUT2D eigenvalue weighted by atomic mass is 14.6. The van der Waals surface area contributed by atoms with Gasteiger partial charge in [-0.25, -0.2) is 0 Å². The minimum Gasteiger partial charge on any atom is -0.192 e. The molecule has 2 nitrogen and oxygen atoms in total. The van der Waals surface area contributed by atoms with Gasteiger partial charge in [-0.2, -0.15) is 10.5 Å². The summed E-state index contributed by atoms with van der Waals surface area (Å²) >= 11 is 0. The predicted molar refractivity (Wildman–Crippen MR) is 119 cm³/mol. The fraction of sp³-hybridized carbons (Fsp3) is 0.500. The monoisotopic (exact) mass is 394 g/mol. The van der Waals surface area contributed by atoms with Crippen molar-refractivity contribution in [2.24, 2.45) is 22.7 Å². The molecular formula is C28H30N2. The molecule has 2 saturated carbocycles. The Bertz CT molecular complexity index is 1050. The molecule has 0 bridgehead atoms. The molecule has 5 atom stereocenters. The Morgan fingerprint density at radius 2 is 1.80 bits per heavy atom. The van der Waals surface area contributed by atoms with Gasteiger partial charge >= 0.3 is 0 Å². The Balaban J connectivity index is 1.41. The lowest BCUT2D eigenvalue weighted by atomic mass is 9.55. The van der Waals surface area contributed by atoms with Gasteiger partial charge in [0.05, 0.1) is 23.3 Å². The maximum absolute atomic E-state index is 9.55. The van der Waals surface area contributed by atoms with E-state index in [4.69, 9.17) is 5.26 Å². The highest BCUT2D eigenvalue weighted by Gasteiger charge is 2.56. The molecule has 0 aliphatic heterocycles. The van der Waals surface area contributed by atoms with Crippen molar-refractivity contribution in [1.29, 1.82) is 10.5 Å². The van der Waals surface area contributed by atoms with Crippen LogP contribution in [0.1, 0.15) is 79.7 Å². The summed E-state index contributed by atoms with van der Waals surface area (Å²) in [6.07, 6.45) is 8.60. The summed E-state index contributed by atoms with van der Waals surface area (Å²) in [5.41, 5.74) is 6.59. The normalized spacial score (nSPS) is 34.2. The zero-order chi connectivity index (χ0) is 20.9. The number of hydrogen-bond donors (Lipinski definition) is 0. The standard InChI is InChI=1S/C28H30N2/c1-27(14-19-6-8-20(16-29)9-7-19)15-26-25-11-10-22-21(17-30)4-3-5-23(22)24(25)12-13-28(26,2)18-27/h3-9,24-26H,10-15,18H2,1-2H3/t24?,25?,26?,27-,28-/m1/s1. The molecule has 0 saturated heterocycles. The van der Waals surface area contributed by atoms with Gasteiger partial charge in [0.1, 0.15) is 0 Å². The van der Waals surface area contributed by atoms with Gasteiger partial charge in [-0.3, -0.25) is 0 Å². The summed E-state index contributed by atoms with van der Waals surface area (Å²) in [6, 6.07) is 19.3. The van der Waals surface area contributed by atoms with Crippen molar-refractivity contribution in [2.45, 2.75) is 64.7 Å². The van der Waals surface area contributed by atoms with Crippen LogP contribution in [0.15, 0.2) is 42.5 Å². The van der Waals surface area contributed by atoms with E-state index < -0.39 is 0 Å². The molecule has 0 heterocycles. The molecular weight excluding hydrogens is 364 g/mol. The van der Waals surface area contributed by atoms with Gasteiger partial charge in [0.2, 0.25) is 0 Å². The second-order valence-electron chi connectivity index (χ2n) is 10.8. The Kier molecular flexibility index (Phi) is 4.52. The first-order valence-electron chi connectivity index (χ1n) is 11.5. The lowest BCUT2D eigenvalue weighted by molar-refractivity contribution is 0.0596. The third kappa shape index (κ3) is 3.06. The van der Waals surface area contributed by atoms with Crippen LogP contribution in [0.5, 0.6) is 0 Å². The SMILES string of the molecule is C[C@@]1(Cc2ccc(C#N)cc2)CC2C3CCc4c(C#N)cccc4C3CC[C@]2(C)C1. The first kappa shape index (κ1) is 19.4. The van der Waals surface area contributed by atoms with Gasteiger partial charge in [0, 0.05) is 0 Å². The van der Waals surface area contributed by atoms with Crippen molar-refractivity contribution < 1.29 is 0 Å².